The lowest BCUT2D eigenvalue weighted by molar-refractivity contribution is 0.413. The predicted molar refractivity (Wildman–Crippen MR) is 83.3 cm³/mol. The zero-order valence-corrected chi connectivity index (χ0v) is 12.8. The third-order valence-electron chi connectivity index (χ3n) is 3.53. The Bertz CT molecular complexity index is 640. The van der Waals surface area contributed by atoms with Gasteiger partial charge in [-0.2, -0.15) is 5.26 Å². The van der Waals surface area contributed by atoms with Crippen molar-refractivity contribution < 1.29 is 4.74 Å². The number of hydrogen-bond donors (Lipinski definition) is 1. The first-order valence-corrected chi connectivity index (χ1v) is 7.14. The van der Waals surface area contributed by atoms with E-state index < -0.39 is 0 Å². The molecule has 2 aromatic rings. The van der Waals surface area contributed by atoms with Crippen LogP contribution in [0.1, 0.15) is 36.6 Å². The highest BCUT2D eigenvalue weighted by Crippen LogP contribution is 2.20. The average molecular weight is 283 g/mol. The van der Waals surface area contributed by atoms with Crippen LogP contribution in [0.25, 0.3) is 0 Å². The number of ether oxygens (including phenoxy) is 1. The van der Waals surface area contributed by atoms with Crippen molar-refractivity contribution in [3.63, 3.8) is 0 Å². The Labute approximate surface area is 126 Å². The Hall–Kier alpha value is -2.25. The van der Waals surface area contributed by atoms with Crippen LogP contribution in [0.4, 0.5) is 0 Å². The number of nitriles is 1. The van der Waals surface area contributed by atoms with Crippen LogP contribution in [0.3, 0.4) is 0 Å². The number of nitrogens with zero attached hydrogens (tertiary/aromatic N) is 2. The molecule has 2 rings (SSSR count). The van der Waals surface area contributed by atoms with Crippen molar-refractivity contribution in [3.8, 4) is 11.8 Å². The van der Waals surface area contributed by atoms with Crippen LogP contribution in [0.15, 0.2) is 36.7 Å². The van der Waals surface area contributed by atoms with Crippen LogP contribution < -0.4 is 10.1 Å². The van der Waals surface area contributed by atoms with E-state index in [0.29, 0.717) is 17.4 Å². The maximum absolute atomic E-state index is 9.13. The van der Waals surface area contributed by atoms with Gasteiger partial charge in [-0.25, -0.2) is 0 Å². The third-order valence-corrected chi connectivity index (χ3v) is 3.53. The van der Waals surface area contributed by atoms with Gasteiger partial charge in [0.2, 0.25) is 0 Å². The molecule has 1 atom stereocenters. The fourth-order valence-corrected chi connectivity index (χ4v) is 2.39. The molecule has 0 spiro atoms. The highest BCUT2D eigenvalue weighted by atomic mass is 16.5. The lowest BCUT2D eigenvalue weighted by atomic mass is 10.1. The van der Waals surface area contributed by atoms with Crippen molar-refractivity contribution in [1.82, 2.24) is 9.88 Å². The molecule has 1 unspecified atom stereocenters. The molecule has 0 aliphatic heterocycles. The molecule has 0 bridgehead atoms. The van der Waals surface area contributed by atoms with E-state index in [4.69, 9.17) is 10.00 Å². The molecule has 0 radical (unpaired) electrons. The van der Waals surface area contributed by atoms with E-state index in [1.165, 1.54) is 5.56 Å². The van der Waals surface area contributed by atoms with E-state index >= 15 is 0 Å². The van der Waals surface area contributed by atoms with Crippen LogP contribution in [-0.4, -0.2) is 18.2 Å². The van der Waals surface area contributed by atoms with Gasteiger partial charge >= 0.3 is 0 Å². The topological polar surface area (TPSA) is 50.0 Å². The highest BCUT2D eigenvalue weighted by molar-refractivity contribution is 5.45. The van der Waals surface area contributed by atoms with Crippen LogP contribution >= 0.6 is 0 Å². The zero-order chi connectivity index (χ0) is 15.2. The van der Waals surface area contributed by atoms with E-state index in [2.05, 4.69) is 48.3 Å². The van der Waals surface area contributed by atoms with Gasteiger partial charge in [-0.15, -0.1) is 0 Å². The smallest absolute Gasteiger partial charge is 0.136 e. The molecule has 0 fully saturated rings. The minimum absolute atomic E-state index is 0.349. The summed E-state index contributed by atoms with van der Waals surface area (Å²) in [7, 11) is 1.58. The van der Waals surface area contributed by atoms with E-state index in [9.17, 15) is 0 Å². The molecule has 0 saturated carbocycles. The largest absolute Gasteiger partial charge is 0.495 e. The quantitative estimate of drug-likeness (QED) is 0.886. The summed E-state index contributed by atoms with van der Waals surface area (Å²) >= 11 is 0. The molecule has 21 heavy (non-hydrogen) atoms. The minimum Gasteiger partial charge on any atom is -0.495 e. The van der Waals surface area contributed by atoms with Crippen molar-refractivity contribution in [1.29, 1.82) is 5.26 Å². The summed E-state index contributed by atoms with van der Waals surface area (Å²) < 4.78 is 7.30. The second kappa shape index (κ2) is 6.96. The summed E-state index contributed by atoms with van der Waals surface area (Å²) in [5.74, 6) is 0.621. The Kier molecular flexibility index (Phi) is 5.02. The predicted octanol–water partition coefficient (Wildman–Crippen LogP) is 3.09. The number of methoxy groups -OCH3 is 1. The van der Waals surface area contributed by atoms with E-state index in [0.717, 1.165) is 18.7 Å². The zero-order valence-electron chi connectivity index (χ0n) is 12.8. The number of hydrogen-bond acceptors (Lipinski definition) is 3. The number of aromatic nitrogens is 1. The normalized spacial score (nSPS) is 11.9. The molecule has 1 aromatic heterocycles. The molecule has 4 heteroatoms. The van der Waals surface area contributed by atoms with Crippen molar-refractivity contribution in [2.24, 2.45) is 0 Å². The first-order valence-electron chi connectivity index (χ1n) is 7.14. The van der Waals surface area contributed by atoms with Crippen LogP contribution in [-0.2, 0) is 6.54 Å². The third kappa shape index (κ3) is 3.65. The van der Waals surface area contributed by atoms with E-state index in [1.54, 1.807) is 7.11 Å². The van der Waals surface area contributed by atoms with Gasteiger partial charge in [0.15, 0.2) is 0 Å². The molecule has 0 aliphatic carbocycles. The van der Waals surface area contributed by atoms with E-state index in [-0.39, 0.29) is 0 Å². The first kappa shape index (κ1) is 15.1. The molecule has 0 aliphatic rings. The second-order valence-electron chi connectivity index (χ2n) is 5.04. The van der Waals surface area contributed by atoms with Gasteiger partial charge in [-0.3, -0.25) is 0 Å². The average Bonchev–Trinajstić information content (AvgIpc) is 2.96. The van der Waals surface area contributed by atoms with Gasteiger partial charge in [0.05, 0.1) is 12.7 Å². The Morgan fingerprint density at radius 2 is 2.19 bits per heavy atom. The Balaban J connectivity index is 2.14. The summed E-state index contributed by atoms with van der Waals surface area (Å²) in [5, 5.41) is 12.5. The number of rotatable bonds is 6. The Morgan fingerprint density at radius 3 is 2.86 bits per heavy atom. The molecule has 4 nitrogen and oxygen atoms in total. The van der Waals surface area contributed by atoms with Gasteiger partial charge < -0.3 is 14.6 Å². The summed E-state index contributed by atoms with van der Waals surface area (Å²) in [4.78, 5) is 0. The molecular formula is C17H21N3O. The molecule has 1 N–H and O–H groups in total. The first-order chi connectivity index (χ1) is 10.2. The number of benzene rings is 1. The number of nitrogens with one attached hydrogen (secondary N) is 1. The fourth-order valence-electron chi connectivity index (χ4n) is 2.39. The van der Waals surface area contributed by atoms with Gasteiger partial charge in [0, 0.05) is 25.0 Å². The van der Waals surface area contributed by atoms with Gasteiger partial charge in [-0.05, 0) is 42.8 Å². The molecule has 1 heterocycles. The summed E-state index contributed by atoms with van der Waals surface area (Å²) in [5.41, 5.74) is 2.93. The van der Waals surface area contributed by atoms with Crippen molar-refractivity contribution in [2.45, 2.75) is 26.4 Å². The summed E-state index contributed by atoms with van der Waals surface area (Å²) in [6, 6.07) is 10.4. The van der Waals surface area contributed by atoms with Crippen molar-refractivity contribution in [2.75, 3.05) is 13.7 Å². The van der Waals surface area contributed by atoms with Crippen LogP contribution in [0.2, 0.25) is 0 Å². The van der Waals surface area contributed by atoms with Gasteiger partial charge in [0.25, 0.3) is 0 Å². The van der Waals surface area contributed by atoms with Crippen LogP contribution in [0, 0.1) is 11.3 Å². The highest BCUT2D eigenvalue weighted by Gasteiger charge is 2.07. The Morgan fingerprint density at radius 1 is 1.38 bits per heavy atom. The second-order valence-corrected chi connectivity index (χ2v) is 5.04. The maximum atomic E-state index is 9.13. The lowest BCUT2D eigenvalue weighted by Gasteiger charge is -2.10. The summed E-state index contributed by atoms with van der Waals surface area (Å²) in [6.45, 7) is 5.96. The van der Waals surface area contributed by atoms with Crippen molar-refractivity contribution >= 4 is 0 Å². The fraction of sp³-hybridized carbons (Fsp3) is 0.353. The molecule has 0 amide bonds. The molecular weight excluding hydrogens is 262 g/mol. The van der Waals surface area contributed by atoms with Crippen LogP contribution in [0.5, 0.6) is 5.75 Å². The van der Waals surface area contributed by atoms with Crippen molar-refractivity contribution in [3.05, 3.63) is 53.3 Å². The maximum Gasteiger partial charge on any atom is 0.136 e. The lowest BCUT2D eigenvalue weighted by Crippen LogP contribution is -2.17. The van der Waals surface area contributed by atoms with Gasteiger partial charge in [0.1, 0.15) is 11.8 Å². The standard InChI is InChI=1S/C17H21N3O/c1-4-19-13(2)15-7-8-20(12-15)11-14-5-6-17(21-3)16(9-14)10-18/h5-9,12-13,19H,4,11H2,1-3H3. The molecule has 0 saturated heterocycles. The summed E-state index contributed by atoms with van der Waals surface area (Å²) in [6.07, 6.45) is 4.21. The minimum atomic E-state index is 0.349. The molecule has 1 aromatic carbocycles. The molecule has 110 valence electrons. The van der Waals surface area contributed by atoms with E-state index in [1.807, 2.05) is 18.2 Å². The van der Waals surface area contributed by atoms with Gasteiger partial charge in [-0.1, -0.05) is 13.0 Å². The SMILES string of the molecule is CCNC(C)c1ccn(Cc2ccc(OC)c(C#N)c2)c1. The monoisotopic (exact) mass is 283 g/mol.